The molecule has 2 saturated heterocycles. The van der Waals surface area contributed by atoms with Crippen molar-refractivity contribution in [2.45, 2.75) is 122 Å². The molecule has 1 saturated carbocycles. The van der Waals surface area contributed by atoms with Gasteiger partial charge < -0.3 is 29.2 Å². The first-order chi connectivity index (χ1) is 22.3. The topological polar surface area (TPSA) is 158 Å². The maximum atomic E-state index is 14.5. The van der Waals surface area contributed by atoms with Gasteiger partial charge in [0.15, 0.2) is 11.6 Å². The van der Waals surface area contributed by atoms with Crippen molar-refractivity contribution in [3.8, 4) is 5.75 Å². The molecule has 4 heterocycles. The highest BCUT2D eigenvalue weighted by Gasteiger charge is 2.62. The van der Waals surface area contributed by atoms with Gasteiger partial charge in [0, 0.05) is 0 Å². The number of ether oxygens (including phenoxy) is 4. The lowest BCUT2D eigenvalue weighted by molar-refractivity contribution is -0.212. The number of benzene rings is 1. The van der Waals surface area contributed by atoms with Crippen molar-refractivity contribution in [2.75, 3.05) is 12.3 Å². The van der Waals surface area contributed by atoms with Crippen LogP contribution >= 0.6 is 7.75 Å². The van der Waals surface area contributed by atoms with Crippen molar-refractivity contribution >= 4 is 25.1 Å². The molecule has 6 atom stereocenters. The van der Waals surface area contributed by atoms with Crippen LogP contribution in [0.5, 0.6) is 5.75 Å². The van der Waals surface area contributed by atoms with E-state index in [4.69, 9.17) is 33.7 Å². The number of nitrogens with two attached hydrogens (primary N) is 1. The predicted octanol–water partition coefficient (Wildman–Crippen LogP) is 5.66. The zero-order chi connectivity index (χ0) is 34.9. The van der Waals surface area contributed by atoms with E-state index in [1.54, 1.807) is 23.6 Å². The van der Waals surface area contributed by atoms with Crippen LogP contribution in [0.4, 0.5) is 5.82 Å². The lowest BCUT2D eigenvalue weighted by Gasteiger charge is -2.42. The molecule has 48 heavy (non-hydrogen) atoms. The molecule has 13 nitrogen and oxygen atoms in total. The van der Waals surface area contributed by atoms with E-state index in [9.17, 15) is 9.36 Å². The van der Waals surface area contributed by atoms with Gasteiger partial charge in [-0.05, 0) is 81.2 Å². The zero-order valence-corrected chi connectivity index (χ0v) is 30.1. The Morgan fingerprint density at radius 2 is 1.77 bits per heavy atom. The summed E-state index contributed by atoms with van der Waals surface area (Å²) < 4.78 is 53.4. The quantitative estimate of drug-likeness (QED) is 0.200. The van der Waals surface area contributed by atoms with Crippen LogP contribution in [-0.4, -0.2) is 63.4 Å². The van der Waals surface area contributed by atoms with Crippen LogP contribution < -0.4 is 15.3 Å². The van der Waals surface area contributed by atoms with Crippen LogP contribution in [0.1, 0.15) is 86.4 Å². The van der Waals surface area contributed by atoms with Gasteiger partial charge >= 0.3 is 13.7 Å². The number of esters is 1. The highest BCUT2D eigenvalue weighted by Crippen LogP contribution is 2.52. The van der Waals surface area contributed by atoms with Crippen molar-refractivity contribution in [3.05, 3.63) is 54.0 Å². The maximum absolute atomic E-state index is 14.5. The Bertz CT molecular complexity index is 1710. The molecule has 262 valence electrons. The molecule has 3 aliphatic rings. The molecule has 0 amide bonds. The summed E-state index contributed by atoms with van der Waals surface area (Å²) in [7, 11) is -4.20. The van der Waals surface area contributed by atoms with E-state index in [0.29, 0.717) is 22.8 Å². The van der Waals surface area contributed by atoms with Gasteiger partial charge in [-0.3, -0.25) is 9.32 Å². The van der Waals surface area contributed by atoms with Gasteiger partial charge in [0.1, 0.15) is 53.7 Å². The Morgan fingerprint density at radius 1 is 1.08 bits per heavy atom. The molecule has 2 aromatic heterocycles. The van der Waals surface area contributed by atoms with Gasteiger partial charge in [-0.25, -0.2) is 14.1 Å². The molecule has 1 aromatic carbocycles. The van der Waals surface area contributed by atoms with Gasteiger partial charge in [0.05, 0.1) is 12.3 Å². The molecule has 1 aliphatic carbocycles. The molecule has 0 spiro atoms. The van der Waals surface area contributed by atoms with Crippen LogP contribution in [0, 0.1) is 5.41 Å². The van der Waals surface area contributed by atoms with Gasteiger partial charge in [0.2, 0.25) is 0 Å². The Hall–Kier alpha value is -3.06. The lowest BCUT2D eigenvalue weighted by Crippen LogP contribution is -2.43. The van der Waals surface area contributed by atoms with E-state index in [1.807, 2.05) is 45.0 Å². The SMILES string of the molecule is C[C@H](NP(=O)(OC[C@H]1O[C@@](C)(c2ccc3c(N)ncnn23)[C@@H]2OC(C)(C)O[C@@H]21)Oc1ccc(C(C)(C)C)cc1)C(=O)OC1CC(C)(C)C1. The van der Waals surface area contributed by atoms with E-state index in [0.717, 1.165) is 18.4 Å². The summed E-state index contributed by atoms with van der Waals surface area (Å²) in [6, 6.07) is 9.99. The van der Waals surface area contributed by atoms with Gasteiger partial charge in [-0.2, -0.15) is 10.2 Å². The number of carbonyl (C=O) groups is 1. The second-order valence-corrected chi connectivity index (χ2v) is 17.3. The van der Waals surface area contributed by atoms with Crippen molar-refractivity contribution in [1.82, 2.24) is 19.7 Å². The molecule has 3 fully saturated rings. The lowest BCUT2D eigenvalue weighted by atomic mass is 9.70. The molecule has 14 heteroatoms. The van der Waals surface area contributed by atoms with Crippen LogP contribution in [0.15, 0.2) is 42.7 Å². The van der Waals surface area contributed by atoms with Crippen LogP contribution in [0.3, 0.4) is 0 Å². The number of rotatable bonds is 10. The number of nitrogen functional groups attached to an aromatic ring is 1. The number of fused-ring (bicyclic) bond motifs is 2. The Labute approximate surface area is 281 Å². The summed E-state index contributed by atoms with van der Waals surface area (Å²) in [4.78, 5) is 17.2. The monoisotopic (exact) mass is 685 g/mol. The summed E-state index contributed by atoms with van der Waals surface area (Å²) in [5.74, 6) is -0.826. The molecule has 0 radical (unpaired) electrons. The summed E-state index contributed by atoms with van der Waals surface area (Å²) in [6.07, 6.45) is 0.817. The predicted molar refractivity (Wildman–Crippen MR) is 178 cm³/mol. The second kappa shape index (κ2) is 12.1. The fraction of sp³-hybridized carbons (Fsp3) is 0.618. The fourth-order valence-electron chi connectivity index (χ4n) is 6.83. The largest absolute Gasteiger partial charge is 0.461 e. The maximum Gasteiger partial charge on any atom is 0.459 e. The minimum absolute atomic E-state index is 0.0887. The number of hydrogen-bond acceptors (Lipinski definition) is 11. The number of nitrogens with zero attached hydrogens (tertiary/aromatic N) is 3. The molecule has 6 rings (SSSR count). The minimum Gasteiger partial charge on any atom is -0.461 e. The number of aromatic nitrogens is 3. The Kier molecular flexibility index (Phi) is 8.75. The average molecular weight is 686 g/mol. The third kappa shape index (κ3) is 6.86. The van der Waals surface area contributed by atoms with Crippen molar-refractivity contribution < 1.29 is 37.4 Å². The molecule has 3 aromatic rings. The van der Waals surface area contributed by atoms with Crippen LogP contribution in [-0.2, 0) is 43.8 Å². The normalized spacial score (nSPS) is 28.4. The summed E-state index contributed by atoms with van der Waals surface area (Å²) in [5, 5.41) is 7.22. The summed E-state index contributed by atoms with van der Waals surface area (Å²) >= 11 is 0. The van der Waals surface area contributed by atoms with E-state index < -0.39 is 49.5 Å². The number of anilines is 1. The van der Waals surface area contributed by atoms with E-state index in [1.165, 1.54) is 6.33 Å². The molecular formula is C34H48N5O8P. The first kappa shape index (κ1) is 34.8. The minimum atomic E-state index is -4.20. The molecular weight excluding hydrogens is 637 g/mol. The van der Waals surface area contributed by atoms with Crippen molar-refractivity contribution in [3.63, 3.8) is 0 Å². The molecule has 1 unspecified atom stereocenters. The van der Waals surface area contributed by atoms with Gasteiger partial charge in [0.25, 0.3) is 0 Å². The van der Waals surface area contributed by atoms with Crippen LogP contribution in [0.2, 0.25) is 0 Å². The number of hydrogen-bond donors (Lipinski definition) is 2. The first-order valence-corrected chi connectivity index (χ1v) is 18.0. The summed E-state index contributed by atoms with van der Waals surface area (Å²) in [6.45, 7) is 17.5. The number of nitrogens with one attached hydrogen (secondary N) is 1. The highest BCUT2D eigenvalue weighted by atomic mass is 31.2. The third-order valence-corrected chi connectivity index (χ3v) is 11.0. The third-order valence-electron chi connectivity index (χ3n) is 9.33. The highest BCUT2D eigenvalue weighted by molar-refractivity contribution is 7.52. The summed E-state index contributed by atoms with van der Waals surface area (Å²) in [5.41, 5.74) is 7.47. The van der Waals surface area contributed by atoms with Gasteiger partial charge in [-0.15, -0.1) is 0 Å². The molecule has 0 bridgehead atoms. The smallest absolute Gasteiger partial charge is 0.459 e. The number of carbonyl (C=O) groups excluding carboxylic acids is 1. The standard InChI is InChI=1S/C34H48N5O8P/c1-20(30(40)43-23-16-32(5,6)17-23)38-48(41,47-22-12-10-21(11-13-22)31(2,3)4)42-18-25-27-28(46-33(7,8)45-27)34(9,44-25)26-15-14-24-29(35)36-19-37-39(24)26/h10-15,19-20,23,25,27-28H,16-18H2,1-9H3,(H,38,41)(H2,35,36,37)/t20-,25+,27+,28+,34-,48?/m0/s1. The average Bonchev–Trinajstić information content (AvgIpc) is 3.62. The molecule has 3 N–H and O–H groups in total. The first-order valence-electron chi connectivity index (χ1n) is 16.4. The Balaban J connectivity index is 1.24. The second-order valence-electron chi connectivity index (χ2n) is 15.6. The van der Waals surface area contributed by atoms with E-state index in [-0.39, 0.29) is 23.5 Å². The van der Waals surface area contributed by atoms with E-state index >= 15 is 0 Å². The van der Waals surface area contributed by atoms with Crippen molar-refractivity contribution in [2.24, 2.45) is 5.41 Å². The molecule has 2 aliphatic heterocycles. The van der Waals surface area contributed by atoms with E-state index in [2.05, 4.69) is 49.8 Å². The van der Waals surface area contributed by atoms with Crippen molar-refractivity contribution in [1.29, 1.82) is 0 Å². The Morgan fingerprint density at radius 3 is 2.42 bits per heavy atom. The van der Waals surface area contributed by atoms with Crippen LogP contribution in [0.25, 0.3) is 5.52 Å². The fourth-order valence-corrected chi connectivity index (χ4v) is 8.33. The van der Waals surface area contributed by atoms with Gasteiger partial charge in [-0.1, -0.05) is 46.8 Å². The zero-order valence-electron chi connectivity index (χ0n) is 29.2.